The van der Waals surface area contributed by atoms with E-state index in [1.807, 2.05) is 0 Å². The molecule has 12 heavy (non-hydrogen) atoms. The predicted octanol–water partition coefficient (Wildman–Crippen LogP) is 3.95. The van der Waals surface area contributed by atoms with Crippen LogP contribution in [-0.2, 0) is 0 Å². The van der Waals surface area contributed by atoms with Gasteiger partial charge in [-0.1, -0.05) is 32.1 Å². The Morgan fingerprint density at radius 3 is 1.83 bits per heavy atom. The van der Waals surface area contributed by atoms with Crippen LogP contribution in [0.25, 0.3) is 0 Å². The molecule has 0 heterocycles. The molecule has 0 saturated carbocycles. The Bertz CT molecular complexity index is 91.1. The van der Waals surface area contributed by atoms with E-state index in [0.717, 1.165) is 11.8 Å². The minimum atomic E-state index is -1.30. The quantitative estimate of drug-likeness (QED) is 0.284. The van der Waals surface area contributed by atoms with Crippen LogP contribution in [0.15, 0.2) is 0 Å². The number of unbranched alkanes of at least 4 members (excludes halogenated alkanes) is 5. The predicted molar refractivity (Wildman–Crippen MR) is 65.2 cm³/mol. The lowest BCUT2D eigenvalue weighted by Crippen LogP contribution is -1.91. The molecular formula is C8H18Cl2SSi. The largest absolute Gasteiger partial charge is 0.237 e. The number of hydrogen-bond donors (Lipinski definition) is 1. The first kappa shape index (κ1) is 13.1. The van der Waals surface area contributed by atoms with Gasteiger partial charge in [-0.25, -0.2) is 0 Å². The summed E-state index contributed by atoms with van der Waals surface area (Å²) in [6.45, 7) is 0. The number of thiol groups is 1. The van der Waals surface area contributed by atoms with E-state index in [1.165, 1.54) is 38.5 Å². The van der Waals surface area contributed by atoms with Crippen molar-refractivity contribution in [3.63, 3.8) is 0 Å². The molecule has 0 rings (SSSR count). The highest BCUT2D eigenvalue weighted by Gasteiger charge is 2.00. The third-order valence-corrected chi connectivity index (χ3v) is 4.30. The number of rotatable bonds is 8. The highest BCUT2D eigenvalue weighted by Crippen LogP contribution is 2.12. The molecule has 0 N–H and O–H groups in total. The van der Waals surface area contributed by atoms with E-state index < -0.39 is 7.42 Å². The molecule has 0 amide bonds. The molecular weight excluding hydrogens is 227 g/mol. The molecule has 0 atom stereocenters. The van der Waals surface area contributed by atoms with E-state index in [2.05, 4.69) is 12.6 Å². The smallest absolute Gasteiger partial charge is 0.179 e. The fourth-order valence-corrected chi connectivity index (χ4v) is 2.86. The molecule has 0 radical (unpaired) electrons. The molecule has 0 aliphatic heterocycles. The van der Waals surface area contributed by atoms with Crippen molar-refractivity contribution >= 4 is 42.2 Å². The van der Waals surface area contributed by atoms with Gasteiger partial charge in [-0.3, -0.25) is 0 Å². The molecule has 0 bridgehead atoms. The van der Waals surface area contributed by atoms with Gasteiger partial charge in [-0.2, -0.15) is 34.8 Å². The molecule has 0 aliphatic carbocycles. The SMILES string of the molecule is SCCCCCCCC[SiH](Cl)Cl. The Morgan fingerprint density at radius 1 is 0.833 bits per heavy atom. The normalized spacial score (nSPS) is 11.0. The number of hydrogen-bond acceptors (Lipinski definition) is 1. The van der Waals surface area contributed by atoms with Crippen LogP contribution in [0.5, 0.6) is 0 Å². The Morgan fingerprint density at radius 2 is 1.33 bits per heavy atom. The van der Waals surface area contributed by atoms with E-state index in [1.54, 1.807) is 0 Å². The van der Waals surface area contributed by atoms with Crippen molar-refractivity contribution in [2.24, 2.45) is 0 Å². The zero-order valence-corrected chi connectivity index (χ0v) is 11.0. The van der Waals surface area contributed by atoms with Gasteiger partial charge < -0.3 is 0 Å². The maximum atomic E-state index is 5.73. The van der Waals surface area contributed by atoms with Crippen molar-refractivity contribution in [2.45, 2.75) is 44.6 Å². The monoisotopic (exact) mass is 244 g/mol. The van der Waals surface area contributed by atoms with Crippen molar-refractivity contribution in [3.8, 4) is 0 Å². The van der Waals surface area contributed by atoms with Crippen LogP contribution >= 0.6 is 34.8 Å². The second kappa shape index (κ2) is 10.2. The van der Waals surface area contributed by atoms with Gasteiger partial charge in [0, 0.05) is 0 Å². The fraction of sp³-hybridized carbons (Fsp3) is 1.00. The summed E-state index contributed by atoms with van der Waals surface area (Å²) in [6, 6.07) is 1.08. The van der Waals surface area contributed by atoms with Crippen molar-refractivity contribution in [1.82, 2.24) is 0 Å². The van der Waals surface area contributed by atoms with Crippen LogP contribution in [0, 0.1) is 0 Å². The summed E-state index contributed by atoms with van der Waals surface area (Å²) >= 11 is 15.6. The third-order valence-electron chi connectivity index (χ3n) is 1.83. The minimum absolute atomic E-state index is 1.03. The summed E-state index contributed by atoms with van der Waals surface area (Å²) in [6.07, 6.45) is 7.79. The lowest BCUT2D eigenvalue weighted by Gasteiger charge is -2.00. The van der Waals surface area contributed by atoms with Crippen LogP contribution in [0.2, 0.25) is 6.04 Å². The zero-order chi connectivity index (χ0) is 9.23. The van der Waals surface area contributed by atoms with Crippen molar-refractivity contribution in [3.05, 3.63) is 0 Å². The van der Waals surface area contributed by atoms with Crippen LogP contribution in [-0.4, -0.2) is 13.2 Å². The van der Waals surface area contributed by atoms with Gasteiger partial charge in [0.2, 0.25) is 7.42 Å². The molecule has 0 aliphatic rings. The first-order valence-corrected chi connectivity index (χ1v) is 9.60. The Balaban J connectivity index is 2.82. The van der Waals surface area contributed by atoms with Gasteiger partial charge in [-0.15, -0.1) is 0 Å². The van der Waals surface area contributed by atoms with E-state index in [0.29, 0.717) is 0 Å². The van der Waals surface area contributed by atoms with Gasteiger partial charge in [0.25, 0.3) is 0 Å². The Hall–Kier alpha value is 1.15. The number of halogens is 2. The van der Waals surface area contributed by atoms with Crippen LogP contribution in [0.3, 0.4) is 0 Å². The van der Waals surface area contributed by atoms with Crippen molar-refractivity contribution < 1.29 is 0 Å². The standard InChI is InChI=1S/C8H18Cl2SSi/c9-12(10)8-6-4-2-1-3-5-7-11/h11-12H,1-8H2. The summed E-state index contributed by atoms with van der Waals surface area (Å²) in [4.78, 5) is 0. The van der Waals surface area contributed by atoms with Gasteiger partial charge >= 0.3 is 0 Å². The van der Waals surface area contributed by atoms with Crippen LogP contribution in [0.1, 0.15) is 38.5 Å². The fourth-order valence-electron chi connectivity index (χ4n) is 1.12. The highest BCUT2D eigenvalue weighted by atomic mass is 35.7. The van der Waals surface area contributed by atoms with Gasteiger partial charge in [0.15, 0.2) is 0 Å². The second-order valence-electron chi connectivity index (χ2n) is 3.02. The first-order chi connectivity index (χ1) is 5.77. The molecule has 0 unspecified atom stereocenters. The minimum Gasteiger partial charge on any atom is -0.179 e. The molecule has 74 valence electrons. The molecule has 0 aromatic carbocycles. The molecule has 0 fully saturated rings. The maximum Gasteiger partial charge on any atom is 0.237 e. The zero-order valence-electron chi connectivity index (χ0n) is 7.44. The van der Waals surface area contributed by atoms with Crippen LogP contribution < -0.4 is 0 Å². The van der Waals surface area contributed by atoms with E-state index >= 15 is 0 Å². The van der Waals surface area contributed by atoms with E-state index in [-0.39, 0.29) is 0 Å². The average molecular weight is 245 g/mol. The molecule has 0 aromatic heterocycles. The summed E-state index contributed by atoms with van der Waals surface area (Å²) in [7, 11) is -1.30. The summed E-state index contributed by atoms with van der Waals surface area (Å²) in [5, 5.41) is 0. The molecule has 0 nitrogen and oxygen atoms in total. The lowest BCUT2D eigenvalue weighted by molar-refractivity contribution is 0.626. The molecule has 0 saturated heterocycles. The maximum absolute atomic E-state index is 5.73. The van der Waals surface area contributed by atoms with Gasteiger partial charge in [0.05, 0.1) is 0 Å². The summed E-state index contributed by atoms with van der Waals surface area (Å²) in [5.41, 5.74) is 0. The Kier molecular flexibility index (Phi) is 11.2. The molecule has 4 heteroatoms. The molecule has 0 aromatic rings. The third kappa shape index (κ3) is 11.1. The Labute approximate surface area is 92.4 Å². The summed E-state index contributed by atoms with van der Waals surface area (Å²) in [5.74, 6) is 1.03. The summed E-state index contributed by atoms with van der Waals surface area (Å²) < 4.78 is 0. The van der Waals surface area contributed by atoms with Crippen molar-refractivity contribution in [1.29, 1.82) is 0 Å². The van der Waals surface area contributed by atoms with Gasteiger partial charge in [0.1, 0.15) is 0 Å². The topological polar surface area (TPSA) is 0 Å². The highest BCUT2D eigenvalue weighted by molar-refractivity contribution is 7.80. The van der Waals surface area contributed by atoms with E-state index in [9.17, 15) is 0 Å². The van der Waals surface area contributed by atoms with E-state index in [4.69, 9.17) is 22.2 Å². The second-order valence-corrected chi connectivity index (χ2v) is 8.66. The lowest BCUT2D eigenvalue weighted by atomic mass is 10.1. The van der Waals surface area contributed by atoms with Crippen molar-refractivity contribution in [2.75, 3.05) is 5.75 Å². The molecule has 0 spiro atoms. The van der Waals surface area contributed by atoms with Crippen LogP contribution in [0.4, 0.5) is 0 Å². The average Bonchev–Trinajstić information content (AvgIpc) is 2.02. The first-order valence-electron chi connectivity index (χ1n) is 4.66. The van der Waals surface area contributed by atoms with Gasteiger partial charge in [-0.05, 0) is 18.2 Å².